The van der Waals surface area contributed by atoms with E-state index in [2.05, 4.69) is 0 Å². The molecule has 0 bridgehead atoms. The largest absolute Gasteiger partial charge is 0.457 e. The highest BCUT2D eigenvalue weighted by atomic mass is 16.6. The normalized spacial score (nSPS) is 20.6. The van der Waals surface area contributed by atoms with Crippen LogP contribution in [0.1, 0.15) is 12.7 Å². The van der Waals surface area contributed by atoms with Gasteiger partial charge in [-0.1, -0.05) is 30.3 Å². The number of hydrogen-bond acceptors (Lipinski definition) is 4. The van der Waals surface area contributed by atoms with Crippen molar-refractivity contribution in [2.24, 2.45) is 0 Å². The molecular formula is C17H14O4. The highest BCUT2D eigenvalue weighted by Gasteiger charge is 2.45. The van der Waals surface area contributed by atoms with Gasteiger partial charge in [-0.3, -0.25) is 4.79 Å². The van der Waals surface area contributed by atoms with Crippen molar-refractivity contribution in [2.75, 3.05) is 6.61 Å². The van der Waals surface area contributed by atoms with E-state index in [0.717, 1.165) is 10.8 Å². The summed E-state index contributed by atoms with van der Waals surface area (Å²) in [7, 11) is 0. The Morgan fingerprint density at radius 2 is 1.95 bits per heavy atom. The molecule has 1 aliphatic rings. The minimum Gasteiger partial charge on any atom is -0.457 e. The van der Waals surface area contributed by atoms with E-state index >= 15 is 0 Å². The Kier molecular flexibility index (Phi) is 2.49. The van der Waals surface area contributed by atoms with Crippen LogP contribution < -0.4 is 5.43 Å². The van der Waals surface area contributed by atoms with Crippen molar-refractivity contribution >= 4 is 21.7 Å². The summed E-state index contributed by atoms with van der Waals surface area (Å²) in [6.45, 7) is 2.09. The van der Waals surface area contributed by atoms with E-state index in [9.17, 15) is 9.90 Å². The lowest BCUT2D eigenvalue weighted by Gasteiger charge is -2.20. The van der Waals surface area contributed by atoms with Crippen molar-refractivity contribution in [1.29, 1.82) is 0 Å². The molecule has 0 spiro atoms. The zero-order valence-electron chi connectivity index (χ0n) is 11.5. The number of hydrogen-bond donors (Lipinski definition) is 1. The molecule has 106 valence electrons. The summed E-state index contributed by atoms with van der Waals surface area (Å²) in [5.41, 5.74) is -0.931. The molecule has 1 fully saturated rings. The van der Waals surface area contributed by atoms with Crippen LogP contribution in [0.3, 0.4) is 0 Å². The van der Waals surface area contributed by atoms with Crippen LogP contribution in [-0.2, 0) is 10.3 Å². The number of rotatable bonds is 2. The molecule has 0 unspecified atom stereocenters. The average Bonchev–Trinajstić information content (AvgIpc) is 3.32. The van der Waals surface area contributed by atoms with Crippen LogP contribution in [0.15, 0.2) is 51.7 Å². The van der Waals surface area contributed by atoms with Gasteiger partial charge in [0.05, 0.1) is 12.0 Å². The van der Waals surface area contributed by atoms with E-state index in [1.54, 1.807) is 13.0 Å². The van der Waals surface area contributed by atoms with Crippen molar-refractivity contribution in [3.63, 3.8) is 0 Å². The standard InChI is InChI=1S/C17H14O4/c1-17(19,15-9-20-15)14-8-13(18)12-7-6-10-4-2-3-5-11(10)16(12)21-14/h2-8,15,19H,9H2,1H3/t15-,17+/m1/s1. The Morgan fingerprint density at radius 3 is 2.71 bits per heavy atom. The van der Waals surface area contributed by atoms with Crippen molar-refractivity contribution in [3.8, 4) is 0 Å². The van der Waals surface area contributed by atoms with Crippen LogP contribution in [0.4, 0.5) is 0 Å². The summed E-state index contributed by atoms with van der Waals surface area (Å²) in [5.74, 6) is 0.249. The van der Waals surface area contributed by atoms with Gasteiger partial charge in [0.1, 0.15) is 23.0 Å². The highest BCUT2D eigenvalue weighted by Crippen LogP contribution is 2.35. The molecule has 1 aromatic heterocycles. The van der Waals surface area contributed by atoms with Crippen molar-refractivity contribution in [2.45, 2.75) is 18.6 Å². The van der Waals surface area contributed by atoms with Gasteiger partial charge < -0.3 is 14.3 Å². The number of aliphatic hydroxyl groups is 1. The zero-order chi connectivity index (χ0) is 14.6. The summed E-state index contributed by atoms with van der Waals surface area (Å²) in [4.78, 5) is 12.3. The van der Waals surface area contributed by atoms with Crippen molar-refractivity contribution in [1.82, 2.24) is 0 Å². The van der Waals surface area contributed by atoms with Crippen LogP contribution in [0, 0.1) is 0 Å². The molecule has 2 atom stereocenters. The van der Waals surface area contributed by atoms with Crippen molar-refractivity contribution < 1.29 is 14.3 Å². The van der Waals surface area contributed by atoms with Gasteiger partial charge in [0.25, 0.3) is 0 Å². The van der Waals surface area contributed by atoms with Crippen LogP contribution in [-0.4, -0.2) is 17.8 Å². The molecule has 0 aliphatic carbocycles. The third kappa shape index (κ3) is 1.87. The van der Waals surface area contributed by atoms with E-state index < -0.39 is 5.60 Å². The van der Waals surface area contributed by atoms with Gasteiger partial charge in [-0.05, 0) is 18.4 Å². The first-order valence-electron chi connectivity index (χ1n) is 6.87. The minimum absolute atomic E-state index is 0.155. The van der Waals surface area contributed by atoms with Gasteiger partial charge in [0.2, 0.25) is 0 Å². The summed E-state index contributed by atoms with van der Waals surface area (Å²) in [6.07, 6.45) is -0.312. The third-order valence-electron chi connectivity index (χ3n) is 4.08. The highest BCUT2D eigenvalue weighted by molar-refractivity contribution is 6.03. The molecule has 3 aromatic rings. The number of epoxide rings is 1. The summed E-state index contributed by atoms with van der Waals surface area (Å²) in [6, 6.07) is 12.7. The van der Waals surface area contributed by atoms with E-state index in [1.165, 1.54) is 6.07 Å². The molecule has 1 saturated heterocycles. The van der Waals surface area contributed by atoms with Gasteiger partial charge in [0, 0.05) is 11.5 Å². The Morgan fingerprint density at radius 1 is 1.19 bits per heavy atom. The fraction of sp³-hybridized carbons (Fsp3) is 0.235. The second-order valence-corrected chi connectivity index (χ2v) is 5.61. The fourth-order valence-electron chi connectivity index (χ4n) is 2.66. The fourth-order valence-corrected chi connectivity index (χ4v) is 2.66. The predicted octanol–water partition coefficient (Wildman–Crippen LogP) is 2.55. The molecule has 1 aliphatic heterocycles. The Hall–Kier alpha value is -2.17. The van der Waals surface area contributed by atoms with Crippen LogP contribution in [0.2, 0.25) is 0 Å². The zero-order valence-corrected chi connectivity index (χ0v) is 11.5. The smallest absolute Gasteiger partial charge is 0.193 e. The molecule has 2 heterocycles. The topological polar surface area (TPSA) is 63.0 Å². The number of fused-ring (bicyclic) bond motifs is 3. The lowest BCUT2D eigenvalue weighted by Crippen LogP contribution is -2.29. The Balaban J connectivity index is 2.07. The first-order chi connectivity index (χ1) is 10.1. The molecule has 21 heavy (non-hydrogen) atoms. The van der Waals surface area contributed by atoms with Crippen LogP contribution in [0.25, 0.3) is 21.7 Å². The quantitative estimate of drug-likeness (QED) is 0.579. The van der Waals surface area contributed by atoms with Crippen molar-refractivity contribution in [3.05, 3.63) is 58.4 Å². The molecule has 0 saturated carbocycles. The second-order valence-electron chi connectivity index (χ2n) is 5.61. The predicted molar refractivity (Wildman–Crippen MR) is 79.3 cm³/mol. The SMILES string of the molecule is C[C@](O)(c1cc(=O)c2ccc3ccccc3c2o1)[C@H]1CO1. The molecule has 4 nitrogen and oxygen atoms in total. The first kappa shape index (κ1) is 12.6. The molecule has 0 radical (unpaired) electrons. The van der Waals surface area contributed by atoms with Crippen LogP contribution in [0.5, 0.6) is 0 Å². The molecule has 2 aromatic carbocycles. The van der Waals surface area contributed by atoms with Crippen LogP contribution >= 0.6 is 0 Å². The number of ether oxygens (including phenoxy) is 1. The van der Waals surface area contributed by atoms with Gasteiger partial charge in [-0.15, -0.1) is 0 Å². The summed E-state index contributed by atoms with van der Waals surface area (Å²) < 4.78 is 11.0. The molecule has 4 rings (SSSR count). The lowest BCUT2D eigenvalue weighted by molar-refractivity contribution is 0.00613. The van der Waals surface area contributed by atoms with E-state index in [-0.39, 0.29) is 17.3 Å². The lowest BCUT2D eigenvalue weighted by atomic mass is 9.98. The first-order valence-corrected chi connectivity index (χ1v) is 6.87. The van der Waals surface area contributed by atoms with E-state index in [4.69, 9.17) is 9.15 Å². The van der Waals surface area contributed by atoms with Gasteiger partial charge in [0.15, 0.2) is 5.43 Å². The Labute approximate surface area is 120 Å². The van der Waals surface area contributed by atoms with E-state index in [0.29, 0.717) is 17.6 Å². The maximum Gasteiger partial charge on any atom is 0.193 e. The average molecular weight is 282 g/mol. The minimum atomic E-state index is -1.29. The second kappa shape index (κ2) is 4.16. The van der Waals surface area contributed by atoms with Gasteiger partial charge in [-0.2, -0.15) is 0 Å². The van der Waals surface area contributed by atoms with Gasteiger partial charge >= 0.3 is 0 Å². The monoisotopic (exact) mass is 282 g/mol. The summed E-state index contributed by atoms with van der Waals surface area (Å²) in [5, 5.41) is 12.9. The molecule has 0 amide bonds. The third-order valence-corrected chi connectivity index (χ3v) is 4.08. The summed E-state index contributed by atoms with van der Waals surface area (Å²) >= 11 is 0. The molecule has 4 heteroatoms. The maximum atomic E-state index is 12.3. The van der Waals surface area contributed by atoms with Gasteiger partial charge in [-0.25, -0.2) is 0 Å². The maximum absolute atomic E-state index is 12.3. The van der Waals surface area contributed by atoms with E-state index in [1.807, 2.05) is 30.3 Å². The Bertz CT molecular complexity index is 903. The molecular weight excluding hydrogens is 268 g/mol. The molecule has 1 N–H and O–H groups in total. The number of benzene rings is 2.